The lowest BCUT2D eigenvalue weighted by atomic mass is 10.1. The molecule has 58 valence electrons. The topological polar surface area (TPSA) is 52.0 Å². The van der Waals surface area contributed by atoms with E-state index in [4.69, 9.17) is 11.5 Å². The molecule has 0 saturated carbocycles. The Labute approximate surface area is 66.2 Å². The van der Waals surface area contributed by atoms with Crippen molar-refractivity contribution < 1.29 is 0 Å². The van der Waals surface area contributed by atoms with Crippen LogP contribution in [0.15, 0.2) is 18.2 Å². The van der Waals surface area contributed by atoms with Crippen LogP contribution in [0.25, 0.3) is 0 Å². The molecule has 1 aromatic carbocycles. The number of fused-ring (bicyclic) bond motifs is 1. The molecular weight excluding hydrogens is 136 g/mol. The van der Waals surface area contributed by atoms with Crippen LogP contribution in [0.4, 0.5) is 5.69 Å². The molecule has 0 saturated heterocycles. The lowest BCUT2D eigenvalue weighted by Gasteiger charge is -2.04. The zero-order valence-corrected chi connectivity index (χ0v) is 6.38. The highest BCUT2D eigenvalue weighted by Crippen LogP contribution is 2.32. The van der Waals surface area contributed by atoms with Gasteiger partial charge >= 0.3 is 0 Å². The molecule has 1 aliphatic carbocycles. The summed E-state index contributed by atoms with van der Waals surface area (Å²) in [5.74, 6) is 0. The summed E-state index contributed by atoms with van der Waals surface area (Å²) in [6.45, 7) is 0. The van der Waals surface area contributed by atoms with Crippen LogP contribution >= 0.6 is 0 Å². The van der Waals surface area contributed by atoms with E-state index in [1.807, 2.05) is 12.1 Å². The highest BCUT2D eigenvalue weighted by atomic mass is 14.7. The van der Waals surface area contributed by atoms with Crippen molar-refractivity contribution in [1.29, 1.82) is 0 Å². The molecule has 0 unspecified atom stereocenters. The highest BCUT2D eigenvalue weighted by Gasteiger charge is 2.19. The van der Waals surface area contributed by atoms with E-state index in [0.29, 0.717) is 0 Å². The van der Waals surface area contributed by atoms with Gasteiger partial charge in [-0.2, -0.15) is 0 Å². The predicted octanol–water partition coefficient (Wildman–Crippen LogP) is 1.21. The Bertz CT molecular complexity index is 281. The van der Waals surface area contributed by atoms with Crippen LogP contribution in [-0.4, -0.2) is 0 Å². The van der Waals surface area contributed by atoms with Gasteiger partial charge in [-0.25, -0.2) is 0 Å². The quantitative estimate of drug-likeness (QED) is 0.543. The molecule has 0 bridgehead atoms. The minimum atomic E-state index is 0.216. The van der Waals surface area contributed by atoms with E-state index in [2.05, 4.69) is 6.07 Å². The number of anilines is 1. The maximum atomic E-state index is 5.86. The largest absolute Gasteiger partial charge is 0.398 e. The van der Waals surface area contributed by atoms with Gasteiger partial charge < -0.3 is 11.5 Å². The molecule has 0 heterocycles. The molecule has 1 atom stereocenters. The Morgan fingerprint density at radius 2 is 2.18 bits per heavy atom. The summed E-state index contributed by atoms with van der Waals surface area (Å²) in [4.78, 5) is 0. The maximum absolute atomic E-state index is 5.86. The Morgan fingerprint density at radius 3 is 2.91 bits per heavy atom. The van der Waals surface area contributed by atoms with Crippen molar-refractivity contribution in [3.63, 3.8) is 0 Å². The van der Waals surface area contributed by atoms with E-state index in [9.17, 15) is 0 Å². The van der Waals surface area contributed by atoms with Crippen LogP contribution in [0.5, 0.6) is 0 Å². The van der Waals surface area contributed by atoms with E-state index in [-0.39, 0.29) is 6.04 Å². The molecule has 0 aliphatic heterocycles. The van der Waals surface area contributed by atoms with Gasteiger partial charge in [0.05, 0.1) is 0 Å². The first-order valence-corrected chi connectivity index (χ1v) is 3.92. The van der Waals surface area contributed by atoms with Gasteiger partial charge in [-0.1, -0.05) is 12.1 Å². The molecule has 2 rings (SSSR count). The van der Waals surface area contributed by atoms with Gasteiger partial charge in [0.15, 0.2) is 0 Å². The molecule has 11 heavy (non-hydrogen) atoms. The van der Waals surface area contributed by atoms with Crippen molar-refractivity contribution in [1.82, 2.24) is 0 Å². The summed E-state index contributed by atoms with van der Waals surface area (Å²) in [5.41, 5.74) is 15.0. The molecule has 1 aliphatic rings. The van der Waals surface area contributed by atoms with Gasteiger partial charge in [0.2, 0.25) is 0 Å². The molecular formula is C9H12N2. The van der Waals surface area contributed by atoms with Gasteiger partial charge in [0.1, 0.15) is 0 Å². The van der Waals surface area contributed by atoms with Gasteiger partial charge in [0, 0.05) is 11.7 Å². The molecule has 4 N–H and O–H groups in total. The number of hydrogen-bond acceptors (Lipinski definition) is 2. The monoisotopic (exact) mass is 148 g/mol. The first kappa shape index (κ1) is 6.68. The third-order valence-electron chi connectivity index (χ3n) is 2.35. The Balaban J connectivity index is 2.57. The number of nitrogen functional groups attached to an aromatic ring is 1. The highest BCUT2D eigenvalue weighted by molar-refractivity contribution is 5.53. The van der Waals surface area contributed by atoms with Gasteiger partial charge in [-0.3, -0.25) is 0 Å². The van der Waals surface area contributed by atoms with Gasteiger partial charge in [0.25, 0.3) is 0 Å². The zero-order chi connectivity index (χ0) is 7.84. The number of hydrogen-bond donors (Lipinski definition) is 2. The minimum Gasteiger partial charge on any atom is -0.398 e. The van der Waals surface area contributed by atoms with Crippen LogP contribution in [-0.2, 0) is 6.42 Å². The number of rotatable bonds is 0. The van der Waals surface area contributed by atoms with Crippen molar-refractivity contribution in [2.24, 2.45) is 5.73 Å². The fourth-order valence-corrected chi connectivity index (χ4v) is 1.71. The van der Waals surface area contributed by atoms with Crippen LogP contribution < -0.4 is 11.5 Å². The average molecular weight is 148 g/mol. The van der Waals surface area contributed by atoms with Crippen molar-refractivity contribution in [3.8, 4) is 0 Å². The molecule has 0 spiro atoms. The maximum Gasteiger partial charge on any atom is 0.0349 e. The molecule has 0 fully saturated rings. The average Bonchev–Trinajstić information content (AvgIpc) is 2.35. The predicted molar refractivity (Wildman–Crippen MR) is 46.1 cm³/mol. The van der Waals surface area contributed by atoms with Gasteiger partial charge in [-0.05, 0) is 30.0 Å². The van der Waals surface area contributed by atoms with Crippen molar-refractivity contribution >= 4 is 5.69 Å². The third kappa shape index (κ3) is 0.906. The summed E-state index contributed by atoms with van der Waals surface area (Å²) in [7, 11) is 0. The Kier molecular flexibility index (Phi) is 1.36. The Hall–Kier alpha value is -1.02. The smallest absolute Gasteiger partial charge is 0.0349 e. The van der Waals surface area contributed by atoms with Crippen LogP contribution in [0.1, 0.15) is 23.6 Å². The van der Waals surface area contributed by atoms with Crippen molar-refractivity contribution in [2.45, 2.75) is 18.9 Å². The zero-order valence-electron chi connectivity index (χ0n) is 6.38. The molecule has 2 nitrogen and oxygen atoms in total. The lowest BCUT2D eigenvalue weighted by molar-refractivity contribution is 0.713. The third-order valence-corrected chi connectivity index (χ3v) is 2.35. The second-order valence-electron chi connectivity index (χ2n) is 3.06. The summed E-state index contributed by atoms with van der Waals surface area (Å²) in [5, 5.41) is 0. The van der Waals surface area contributed by atoms with Gasteiger partial charge in [-0.15, -0.1) is 0 Å². The van der Waals surface area contributed by atoms with E-state index in [1.165, 1.54) is 11.1 Å². The van der Waals surface area contributed by atoms with E-state index >= 15 is 0 Å². The molecule has 2 heteroatoms. The van der Waals surface area contributed by atoms with Crippen LogP contribution in [0.3, 0.4) is 0 Å². The first-order valence-electron chi connectivity index (χ1n) is 3.92. The molecule has 0 amide bonds. The minimum absolute atomic E-state index is 0.216. The number of nitrogens with two attached hydrogens (primary N) is 2. The van der Waals surface area contributed by atoms with Crippen LogP contribution in [0, 0.1) is 0 Å². The lowest BCUT2D eigenvalue weighted by Crippen LogP contribution is -2.05. The fraction of sp³-hybridized carbons (Fsp3) is 0.333. The first-order chi connectivity index (χ1) is 5.29. The summed E-state index contributed by atoms with van der Waals surface area (Å²) < 4.78 is 0. The van der Waals surface area contributed by atoms with E-state index in [0.717, 1.165) is 18.5 Å². The Morgan fingerprint density at radius 1 is 1.36 bits per heavy atom. The standard InChI is InChI=1S/C9H12N2/c10-8-3-1-2-6-7(8)4-5-9(6)11/h1-3,9H,4-5,10-11H2/t9-/m0/s1. The second kappa shape index (κ2) is 2.24. The fourth-order valence-electron chi connectivity index (χ4n) is 1.71. The van der Waals surface area contributed by atoms with Crippen LogP contribution in [0.2, 0.25) is 0 Å². The van der Waals surface area contributed by atoms with Crippen molar-refractivity contribution in [2.75, 3.05) is 5.73 Å². The molecule has 1 aromatic rings. The molecule has 0 radical (unpaired) electrons. The number of benzene rings is 1. The van der Waals surface area contributed by atoms with E-state index in [1.54, 1.807) is 0 Å². The summed E-state index contributed by atoms with van der Waals surface area (Å²) in [6, 6.07) is 6.20. The van der Waals surface area contributed by atoms with E-state index < -0.39 is 0 Å². The van der Waals surface area contributed by atoms with Crippen molar-refractivity contribution in [3.05, 3.63) is 29.3 Å². The SMILES string of the molecule is Nc1cccc2c1CC[C@@H]2N. The normalized spacial score (nSPS) is 21.7. The second-order valence-corrected chi connectivity index (χ2v) is 3.06. The summed E-state index contributed by atoms with van der Waals surface area (Å²) >= 11 is 0. The molecule has 0 aromatic heterocycles. The summed E-state index contributed by atoms with van der Waals surface area (Å²) in [6.07, 6.45) is 2.09.